The molecule has 0 N–H and O–H groups in total. The van der Waals surface area contributed by atoms with Crippen LogP contribution >= 0.6 is 11.8 Å². The van der Waals surface area contributed by atoms with Crippen molar-refractivity contribution in [3.8, 4) is 23.0 Å². The number of pyridine rings is 1. The maximum absolute atomic E-state index is 12.7. The van der Waals surface area contributed by atoms with E-state index in [1.54, 1.807) is 38.6 Å². The number of ether oxygens (including phenoxy) is 2. The van der Waals surface area contributed by atoms with Gasteiger partial charge in [0.2, 0.25) is 0 Å². The molecule has 8 heteroatoms. The van der Waals surface area contributed by atoms with Crippen LogP contribution in [0.15, 0.2) is 47.8 Å². The lowest BCUT2D eigenvalue weighted by molar-refractivity contribution is 0.101. The van der Waals surface area contributed by atoms with E-state index in [4.69, 9.17) is 9.47 Å². The molecule has 0 amide bonds. The van der Waals surface area contributed by atoms with Crippen LogP contribution in [0.3, 0.4) is 0 Å². The monoisotopic (exact) mass is 384 g/mol. The van der Waals surface area contributed by atoms with Crippen molar-refractivity contribution >= 4 is 17.5 Å². The first-order valence-corrected chi connectivity index (χ1v) is 9.39. The van der Waals surface area contributed by atoms with Crippen molar-refractivity contribution in [1.82, 2.24) is 19.7 Å². The Hall–Kier alpha value is -2.87. The minimum atomic E-state index is -0.0687. The van der Waals surface area contributed by atoms with Crippen LogP contribution in [0.4, 0.5) is 0 Å². The highest BCUT2D eigenvalue weighted by Crippen LogP contribution is 2.28. The Labute approximate surface area is 161 Å². The van der Waals surface area contributed by atoms with Gasteiger partial charge >= 0.3 is 0 Å². The lowest BCUT2D eigenvalue weighted by Crippen LogP contribution is -2.07. The molecule has 0 aliphatic rings. The predicted octanol–water partition coefficient (Wildman–Crippen LogP) is 3.35. The van der Waals surface area contributed by atoms with Gasteiger partial charge in [0, 0.05) is 12.7 Å². The zero-order chi connectivity index (χ0) is 19.2. The van der Waals surface area contributed by atoms with Crippen LogP contribution < -0.4 is 9.47 Å². The van der Waals surface area contributed by atoms with Crippen molar-refractivity contribution in [2.45, 2.75) is 18.6 Å². The number of aromatic nitrogens is 4. The highest BCUT2D eigenvalue weighted by molar-refractivity contribution is 7.99. The molecular weight excluding hydrogens is 364 g/mol. The zero-order valence-corrected chi connectivity index (χ0v) is 16.2. The number of thioether (sulfide) groups is 1. The Kier molecular flexibility index (Phi) is 6.08. The smallest absolute Gasteiger partial charge is 0.191 e. The fourth-order valence-electron chi connectivity index (χ4n) is 2.60. The van der Waals surface area contributed by atoms with Gasteiger partial charge < -0.3 is 14.0 Å². The number of nitrogens with zero attached hydrogens (tertiary/aromatic N) is 4. The van der Waals surface area contributed by atoms with Crippen molar-refractivity contribution in [3.63, 3.8) is 0 Å². The fourth-order valence-corrected chi connectivity index (χ4v) is 3.49. The number of hydrogen-bond acceptors (Lipinski definition) is 7. The fraction of sp³-hybridized carbons (Fsp3) is 0.263. The van der Waals surface area contributed by atoms with E-state index >= 15 is 0 Å². The van der Waals surface area contributed by atoms with Crippen LogP contribution in [0.2, 0.25) is 0 Å². The molecule has 1 aromatic carbocycles. The molecule has 3 aromatic rings. The normalized spacial score (nSPS) is 10.6. The predicted molar refractivity (Wildman–Crippen MR) is 104 cm³/mol. The van der Waals surface area contributed by atoms with Gasteiger partial charge in [0.25, 0.3) is 0 Å². The largest absolute Gasteiger partial charge is 0.497 e. The summed E-state index contributed by atoms with van der Waals surface area (Å²) in [6, 6.07) is 10.8. The van der Waals surface area contributed by atoms with E-state index in [2.05, 4.69) is 15.2 Å². The lowest BCUT2D eigenvalue weighted by atomic mass is 10.1. The molecule has 0 saturated heterocycles. The number of Topliss-reactive ketones (excluding diaryl/α,β-unsaturated/α-hetero) is 1. The number of hydrogen-bond donors (Lipinski definition) is 0. The SMILES string of the molecule is CCn1c(SCC(=O)c2cc(OC)ccc2OC)nnc1-c1ccccn1. The van der Waals surface area contributed by atoms with Gasteiger partial charge in [-0.25, -0.2) is 0 Å². The van der Waals surface area contributed by atoms with Crippen LogP contribution in [0.5, 0.6) is 11.5 Å². The standard InChI is InChI=1S/C19H20N4O3S/c1-4-23-18(15-7-5-6-10-20-15)21-22-19(23)27-12-16(24)14-11-13(25-2)8-9-17(14)26-3/h5-11H,4,12H2,1-3H3. The van der Waals surface area contributed by atoms with E-state index in [1.165, 1.54) is 11.8 Å². The van der Waals surface area contributed by atoms with Gasteiger partial charge in [-0.15, -0.1) is 10.2 Å². The highest BCUT2D eigenvalue weighted by atomic mass is 32.2. The molecule has 0 aliphatic heterocycles. The van der Waals surface area contributed by atoms with E-state index in [1.807, 2.05) is 29.7 Å². The molecule has 0 atom stereocenters. The van der Waals surface area contributed by atoms with Gasteiger partial charge in [0.15, 0.2) is 16.8 Å². The van der Waals surface area contributed by atoms with E-state index < -0.39 is 0 Å². The summed E-state index contributed by atoms with van der Waals surface area (Å²) >= 11 is 1.34. The van der Waals surface area contributed by atoms with Gasteiger partial charge in [0.05, 0.1) is 25.5 Å². The summed E-state index contributed by atoms with van der Waals surface area (Å²) in [6.45, 7) is 2.69. The minimum absolute atomic E-state index is 0.0687. The van der Waals surface area contributed by atoms with Crippen molar-refractivity contribution in [2.24, 2.45) is 0 Å². The first kappa shape index (κ1) is 18.9. The summed E-state index contributed by atoms with van der Waals surface area (Å²) in [5.74, 6) is 1.96. The Morgan fingerprint density at radius 1 is 1.15 bits per heavy atom. The van der Waals surface area contributed by atoms with E-state index in [0.29, 0.717) is 34.6 Å². The van der Waals surface area contributed by atoms with Crippen LogP contribution in [-0.4, -0.2) is 45.5 Å². The number of carbonyl (C=O) groups is 1. The molecule has 0 radical (unpaired) electrons. The molecule has 3 rings (SSSR count). The van der Waals surface area contributed by atoms with Crippen molar-refractivity contribution < 1.29 is 14.3 Å². The molecule has 0 bridgehead atoms. The summed E-state index contributed by atoms with van der Waals surface area (Å²) in [5.41, 5.74) is 1.23. The Morgan fingerprint density at radius 3 is 2.67 bits per heavy atom. The number of benzene rings is 1. The van der Waals surface area contributed by atoms with E-state index in [9.17, 15) is 4.79 Å². The van der Waals surface area contributed by atoms with Crippen LogP contribution in [0.25, 0.3) is 11.5 Å². The van der Waals surface area contributed by atoms with Gasteiger partial charge in [-0.2, -0.15) is 0 Å². The summed E-state index contributed by atoms with van der Waals surface area (Å²) < 4.78 is 12.5. The Balaban J connectivity index is 1.79. The number of rotatable bonds is 8. The summed E-state index contributed by atoms with van der Waals surface area (Å²) in [7, 11) is 3.10. The topological polar surface area (TPSA) is 79.1 Å². The number of carbonyl (C=O) groups excluding carboxylic acids is 1. The third-order valence-electron chi connectivity index (χ3n) is 3.97. The van der Waals surface area contributed by atoms with Gasteiger partial charge in [-0.3, -0.25) is 9.78 Å². The molecule has 0 fully saturated rings. The van der Waals surface area contributed by atoms with Gasteiger partial charge in [-0.1, -0.05) is 17.8 Å². The van der Waals surface area contributed by atoms with E-state index in [0.717, 1.165) is 5.69 Å². The lowest BCUT2D eigenvalue weighted by Gasteiger charge is -2.10. The molecule has 140 valence electrons. The molecule has 2 heterocycles. The molecule has 0 saturated carbocycles. The zero-order valence-electron chi connectivity index (χ0n) is 15.4. The summed E-state index contributed by atoms with van der Waals surface area (Å²) in [6.07, 6.45) is 1.72. The van der Waals surface area contributed by atoms with Crippen LogP contribution in [-0.2, 0) is 6.54 Å². The maximum Gasteiger partial charge on any atom is 0.191 e. The first-order chi connectivity index (χ1) is 13.2. The molecule has 0 aliphatic carbocycles. The van der Waals surface area contributed by atoms with Crippen LogP contribution in [0.1, 0.15) is 17.3 Å². The highest BCUT2D eigenvalue weighted by Gasteiger charge is 2.18. The third-order valence-corrected chi connectivity index (χ3v) is 4.93. The maximum atomic E-state index is 12.7. The number of methoxy groups -OCH3 is 2. The Bertz CT molecular complexity index is 928. The average Bonchev–Trinajstić information content (AvgIpc) is 3.15. The second kappa shape index (κ2) is 8.68. The quantitative estimate of drug-likeness (QED) is 0.435. The Morgan fingerprint density at radius 2 is 2.00 bits per heavy atom. The van der Waals surface area contributed by atoms with Gasteiger partial charge in [-0.05, 0) is 37.3 Å². The minimum Gasteiger partial charge on any atom is -0.497 e. The second-order valence-electron chi connectivity index (χ2n) is 5.54. The molecule has 0 spiro atoms. The van der Waals surface area contributed by atoms with Crippen molar-refractivity contribution in [1.29, 1.82) is 0 Å². The van der Waals surface area contributed by atoms with Crippen LogP contribution in [0, 0.1) is 0 Å². The van der Waals surface area contributed by atoms with Gasteiger partial charge in [0.1, 0.15) is 17.2 Å². The van der Waals surface area contributed by atoms with E-state index in [-0.39, 0.29) is 11.5 Å². The first-order valence-electron chi connectivity index (χ1n) is 8.40. The van der Waals surface area contributed by atoms with Crippen molar-refractivity contribution in [3.05, 3.63) is 48.2 Å². The summed E-state index contributed by atoms with van der Waals surface area (Å²) in [5, 5.41) is 9.15. The molecule has 2 aromatic heterocycles. The molecular formula is C19H20N4O3S. The van der Waals surface area contributed by atoms with Crippen molar-refractivity contribution in [2.75, 3.05) is 20.0 Å². The molecule has 0 unspecified atom stereocenters. The second-order valence-corrected chi connectivity index (χ2v) is 6.49. The summed E-state index contributed by atoms with van der Waals surface area (Å²) in [4.78, 5) is 17.0. The number of ketones is 1. The molecule has 7 nitrogen and oxygen atoms in total. The third kappa shape index (κ3) is 4.11. The molecule has 27 heavy (non-hydrogen) atoms. The average molecular weight is 384 g/mol.